The molecule has 5 heteroatoms. The monoisotopic (exact) mass is 357 g/mol. The van der Waals surface area contributed by atoms with Gasteiger partial charge in [-0.05, 0) is 54.6 Å². The summed E-state index contributed by atoms with van der Waals surface area (Å²) in [5.41, 5.74) is 5.11. The van der Waals surface area contributed by atoms with Crippen LogP contribution < -0.4 is 4.74 Å². The number of hydrogen-bond acceptors (Lipinski definition) is 4. The van der Waals surface area contributed by atoms with Crippen LogP contribution in [-0.2, 0) is 16.0 Å². The van der Waals surface area contributed by atoms with Crippen molar-refractivity contribution in [3.8, 4) is 16.3 Å². The SMILES string of the molecule is COc1ccc2c(c1)c(C)c(-c1cc(C)cs1)n2CCOCC1CO1. The summed E-state index contributed by atoms with van der Waals surface area (Å²) in [6.07, 6.45) is 0.312. The van der Waals surface area contributed by atoms with E-state index in [-0.39, 0.29) is 0 Å². The molecule has 3 aromatic rings. The Balaban J connectivity index is 1.73. The van der Waals surface area contributed by atoms with E-state index < -0.39 is 0 Å². The Hall–Kier alpha value is -1.82. The zero-order valence-corrected chi connectivity index (χ0v) is 15.7. The van der Waals surface area contributed by atoms with Crippen LogP contribution in [0.4, 0.5) is 0 Å². The van der Waals surface area contributed by atoms with Gasteiger partial charge in [-0.25, -0.2) is 0 Å². The molecule has 0 N–H and O–H groups in total. The van der Waals surface area contributed by atoms with Crippen LogP contribution in [0.25, 0.3) is 21.5 Å². The number of aryl methyl sites for hydroxylation is 2. The van der Waals surface area contributed by atoms with Crippen LogP contribution in [0.3, 0.4) is 0 Å². The van der Waals surface area contributed by atoms with E-state index >= 15 is 0 Å². The van der Waals surface area contributed by atoms with Gasteiger partial charge < -0.3 is 18.8 Å². The highest BCUT2D eigenvalue weighted by molar-refractivity contribution is 7.13. The Morgan fingerprint density at radius 3 is 2.80 bits per heavy atom. The minimum atomic E-state index is 0.312. The van der Waals surface area contributed by atoms with Gasteiger partial charge in [0.1, 0.15) is 11.9 Å². The molecule has 4 nitrogen and oxygen atoms in total. The summed E-state index contributed by atoms with van der Waals surface area (Å²) in [5, 5.41) is 3.45. The molecule has 0 radical (unpaired) electrons. The normalized spacial score (nSPS) is 16.5. The lowest BCUT2D eigenvalue weighted by molar-refractivity contribution is 0.110. The standard InChI is InChI=1S/C20H23NO3S/c1-13-8-19(25-12-13)20-14(2)17-9-15(22-3)4-5-18(17)21(20)6-7-23-10-16-11-24-16/h4-5,8-9,12,16H,6-7,10-11H2,1-3H3. The van der Waals surface area contributed by atoms with Crippen molar-refractivity contribution in [1.82, 2.24) is 4.57 Å². The van der Waals surface area contributed by atoms with Gasteiger partial charge in [0, 0.05) is 17.4 Å². The molecule has 1 aliphatic heterocycles. The molecule has 1 aliphatic rings. The van der Waals surface area contributed by atoms with E-state index in [0.717, 1.165) is 18.9 Å². The molecule has 0 spiro atoms. The van der Waals surface area contributed by atoms with Crippen molar-refractivity contribution in [3.63, 3.8) is 0 Å². The van der Waals surface area contributed by atoms with E-state index in [2.05, 4.69) is 42.0 Å². The molecule has 4 rings (SSSR count). The number of ether oxygens (including phenoxy) is 3. The van der Waals surface area contributed by atoms with Gasteiger partial charge in [-0.15, -0.1) is 11.3 Å². The van der Waals surface area contributed by atoms with Crippen LogP contribution in [0.1, 0.15) is 11.1 Å². The number of methoxy groups -OCH3 is 1. The molecule has 1 aromatic carbocycles. The summed E-state index contributed by atoms with van der Waals surface area (Å²) in [6, 6.07) is 8.57. The summed E-state index contributed by atoms with van der Waals surface area (Å²) in [6.45, 7) is 7.39. The number of epoxide rings is 1. The minimum Gasteiger partial charge on any atom is -0.497 e. The Kier molecular flexibility index (Phi) is 4.54. The van der Waals surface area contributed by atoms with Crippen LogP contribution in [0.5, 0.6) is 5.75 Å². The maximum atomic E-state index is 5.79. The number of fused-ring (bicyclic) bond motifs is 1. The average molecular weight is 357 g/mol. The van der Waals surface area contributed by atoms with Crippen molar-refractivity contribution < 1.29 is 14.2 Å². The molecule has 1 atom stereocenters. The zero-order valence-electron chi connectivity index (χ0n) is 14.9. The van der Waals surface area contributed by atoms with Gasteiger partial charge >= 0.3 is 0 Å². The van der Waals surface area contributed by atoms with Crippen LogP contribution >= 0.6 is 11.3 Å². The number of rotatable bonds is 7. The van der Waals surface area contributed by atoms with E-state index in [1.807, 2.05) is 6.07 Å². The van der Waals surface area contributed by atoms with Gasteiger partial charge in [0.25, 0.3) is 0 Å². The van der Waals surface area contributed by atoms with Crippen LogP contribution in [0.2, 0.25) is 0 Å². The first-order valence-corrected chi connectivity index (χ1v) is 9.47. The van der Waals surface area contributed by atoms with Crippen LogP contribution in [0.15, 0.2) is 29.6 Å². The molecule has 1 unspecified atom stereocenters. The first kappa shape index (κ1) is 16.6. The Morgan fingerprint density at radius 1 is 1.28 bits per heavy atom. The summed E-state index contributed by atoms with van der Waals surface area (Å²) in [4.78, 5) is 1.30. The second-order valence-electron chi connectivity index (χ2n) is 6.53. The average Bonchev–Trinajstić information content (AvgIpc) is 3.29. The molecule has 3 heterocycles. The first-order chi connectivity index (χ1) is 12.2. The summed E-state index contributed by atoms with van der Waals surface area (Å²) in [7, 11) is 1.71. The predicted molar refractivity (Wildman–Crippen MR) is 102 cm³/mol. The van der Waals surface area contributed by atoms with E-state index in [0.29, 0.717) is 19.3 Å². The van der Waals surface area contributed by atoms with Gasteiger partial charge in [-0.3, -0.25) is 0 Å². The van der Waals surface area contributed by atoms with Crippen molar-refractivity contribution in [2.75, 3.05) is 26.9 Å². The molecule has 1 fully saturated rings. The molecule has 132 valence electrons. The fourth-order valence-electron chi connectivity index (χ4n) is 3.27. The van der Waals surface area contributed by atoms with E-state index in [1.54, 1.807) is 18.4 Å². The Morgan fingerprint density at radius 2 is 2.12 bits per heavy atom. The number of hydrogen-bond donors (Lipinski definition) is 0. The Bertz CT molecular complexity index is 892. The second-order valence-corrected chi connectivity index (χ2v) is 7.44. The van der Waals surface area contributed by atoms with Gasteiger partial charge in [0.2, 0.25) is 0 Å². The van der Waals surface area contributed by atoms with Crippen LogP contribution in [-0.4, -0.2) is 37.6 Å². The lowest BCUT2D eigenvalue weighted by Crippen LogP contribution is -2.10. The highest BCUT2D eigenvalue weighted by atomic mass is 32.1. The molecular formula is C20H23NO3S. The Labute approximate surface area is 151 Å². The molecule has 0 bridgehead atoms. The predicted octanol–water partition coefficient (Wildman–Crippen LogP) is 4.41. The number of nitrogens with zero attached hydrogens (tertiary/aromatic N) is 1. The van der Waals surface area contributed by atoms with E-state index in [9.17, 15) is 0 Å². The summed E-state index contributed by atoms with van der Waals surface area (Å²) >= 11 is 1.80. The topological polar surface area (TPSA) is 35.9 Å². The van der Waals surface area contributed by atoms with Gasteiger partial charge in [-0.1, -0.05) is 0 Å². The third kappa shape index (κ3) is 3.32. The molecular weight excluding hydrogens is 334 g/mol. The maximum absolute atomic E-state index is 5.79. The van der Waals surface area contributed by atoms with Crippen LogP contribution in [0, 0.1) is 13.8 Å². The molecule has 25 heavy (non-hydrogen) atoms. The summed E-state index contributed by atoms with van der Waals surface area (Å²) < 4.78 is 18.8. The number of aromatic nitrogens is 1. The first-order valence-electron chi connectivity index (χ1n) is 8.59. The van der Waals surface area contributed by atoms with Gasteiger partial charge in [0.05, 0.1) is 37.5 Å². The van der Waals surface area contributed by atoms with E-state index in [1.165, 1.54) is 32.6 Å². The fourth-order valence-corrected chi connectivity index (χ4v) is 4.28. The quantitative estimate of drug-likeness (QED) is 0.464. The van der Waals surface area contributed by atoms with Gasteiger partial charge in [-0.2, -0.15) is 0 Å². The van der Waals surface area contributed by atoms with Crippen molar-refractivity contribution in [2.45, 2.75) is 26.5 Å². The fraction of sp³-hybridized carbons (Fsp3) is 0.400. The minimum absolute atomic E-state index is 0.312. The lowest BCUT2D eigenvalue weighted by atomic mass is 10.1. The van der Waals surface area contributed by atoms with Crippen molar-refractivity contribution in [2.24, 2.45) is 0 Å². The summed E-state index contributed by atoms with van der Waals surface area (Å²) in [5.74, 6) is 0.892. The van der Waals surface area contributed by atoms with Crippen molar-refractivity contribution in [3.05, 3.63) is 40.8 Å². The number of benzene rings is 1. The molecule has 0 saturated carbocycles. The largest absolute Gasteiger partial charge is 0.497 e. The third-order valence-corrected chi connectivity index (χ3v) is 5.71. The zero-order chi connectivity index (χ0) is 17.4. The molecule has 0 aliphatic carbocycles. The van der Waals surface area contributed by atoms with Crippen molar-refractivity contribution >= 4 is 22.2 Å². The van der Waals surface area contributed by atoms with Gasteiger partial charge in [0.15, 0.2) is 0 Å². The molecule has 0 amide bonds. The number of thiophene rings is 1. The molecule has 1 saturated heterocycles. The molecule has 2 aromatic heterocycles. The van der Waals surface area contributed by atoms with E-state index in [4.69, 9.17) is 14.2 Å². The smallest absolute Gasteiger partial charge is 0.119 e. The third-order valence-electron chi connectivity index (χ3n) is 4.65. The second kappa shape index (κ2) is 6.83. The highest BCUT2D eigenvalue weighted by Gasteiger charge is 2.22. The lowest BCUT2D eigenvalue weighted by Gasteiger charge is -2.11. The highest BCUT2D eigenvalue weighted by Crippen LogP contribution is 2.37. The van der Waals surface area contributed by atoms with Crippen molar-refractivity contribution in [1.29, 1.82) is 0 Å². The maximum Gasteiger partial charge on any atom is 0.119 e.